The van der Waals surface area contributed by atoms with Gasteiger partial charge in [-0.15, -0.1) is 17.9 Å². The van der Waals surface area contributed by atoms with Crippen molar-refractivity contribution in [3.05, 3.63) is 34.0 Å². The summed E-state index contributed by atoms with van der Waals surface area (Å²) < 4.78 is 0.854. The first-order valence-corrected chi connectivity index (χ1v) is 5.58. The molecular formula is C10H14ClNS. The maximum absolute atomic E-state index is 5.84. The van der Waals surface area contributed by atoms with E-state index in [1.54, 1.807) is 11.3 Å². The standard InChI is InChI=1S/C10H14ClNS/c1-3-4-5-12-8(2)9-6-10(11)13-7-9/h3,6-8,12H,1,4-5H2,2H3. The van der Waals surface area contributed by atoms with Crippen molar-refractivity contribution in [2.45, 2.75) is 19.4 Å². The van der Waals surface area contributed by atoms with E-state index in [9.17, 15) is 0 Å². The Morgan fingerprint density at radius 1 is 1.77 bits per heavy atom. The molecule has 0 bridgehead atoms. The molecular weight excluding hydrogens is 202 g/mol. The van der Waals surface area contributed by atoms with Crippen LogP contribution in [-0.4, -0.2) is 6.54 Å². The van der Waals surface area contributed by atoms with E-state index in [4.69, 9.17) is 11.6 Å². The summed E-state index contributed by atoms with van der Waals surface area (Å²) in [5, 5.41) is 5.48. The predicted octanol–water partition coefficient (Wildman–Crippen LogP) is 3.63. The van der Waals surface area contributed by atoms with Gasteiger partial charge in [-0.1, -0.05) is 17.7 Å². The zero-order valence-electron chi connectivity index (χ0n) is 7.72. The second-order valence-electron chi connectivity index (χ2n) is 2.94. The van der Waals surface area contributed by atoms with Gasteiger partial charge in [-0.25, -0.2) is 0 Å². The molecule has 0 radical (unpaired) electrons. The predicted molar refractivity (Wildman–Crippen MR) is 60.6 cm³/mol. The SMILES string of the molecule is C=CCCNC(C)c1csc(Cl)c1. The normalized spacial score (nSPS) is 12.8. The fraction of sp³-hybridized carbons (Fsp3) is 0.400. The van der Waals surface area contributed by atoms with Crippen LogP contribution in [0.4, 0.5) is 0 Å². The van der Waals surface area contributed by atoms with Gasteiger partial charge in [0.15, 0.2) is 0 Å². The molecule has 0 aliphatic carbocycles. The van der Waals surface area contributed by atoms with E-state index in [0.717, 1.165) is 17.3 Å². The van der Waals surface area contributed by atoms with Gasteiger partial charge in [0.25, 0.3) is 0 Å². The van der Waals surface area contributed by atoms with Gasteiger partial charge in [-0.05, 0) is 36.9 Å². The lowest BCUT2D eigenvalue weighted by Gasteiger charge is -2.10. The summed E-state index contributed by atoms with van der Waals surface area (Å²) in [7, 11) is 0. The van der Waals surface area contributed by atoms with Crippen molar-refractivity contribution in [3.8, 4) is 0 Å². The summed E-state index contributed by atoms with van der Waals surface area (Å²) in [5.74, 6) is 0. The fourth-order valence-electron chi connectivity index (χ4n) is 1.07. The molecule has 0 aliphatic rings. The van der Waals surface area contributed by atoms with E-state index >= 15 is 0 Å². The third-order valence-corrected chi connectivity index (χ3v) is 3.00. The lowest BCUT2D eigenvalue weighted by atomic mass is 10.2. The molecule has 13 heavy (non-hydrogen) atoms. The van der Waals surface area contributed by atoms with E-state index in [0.29, 0.717) is 6.04 Å². The maximum atomic E-state index is 5.84. The average Bonchev–Trinajstić information content (AvgIpc) is 2.52. The first kappa shape index (κ1) is 10.8. The Morgan fingerprint density at radius 2 is 2.54 bits per heavy atom. The topological polar surface area (TPSA) is 12.0 Å². The van der Waals surface area contributed by atoms with Gasteiger partial charge >= 0.3 is 0 Å². The number of thiophene rings is 1. The fourth-order valence-corrected chi connectivity index (χ4v) is 2.05. The van der Waals surface area contributed by atoms with Crippen molar-refractivity contribution in [1.29, 1.82) is 0 Å². The van der Waals surface area contributed by atoms with E-state index in [2.05, 4.69) is 24.2 Å². The first-order valence-electron chi connectivity index (χ1n) is 4.32. The Morgan fingerprint density at radius 3 is 3.08 bits per heavy atom. The number of halogens is 1. The Kier molecular flexibility index (Phi) is 4.50. The molecule has 0 saturated heterocycles. The van der Waals surface area contributed by atoms with Gasteiger partial charge < -0.3 is 5.32 Å². The van der Waals surface area contributed by atoms with Crippen molar-refractivity contribution in [3.63, 3.8) is 0 Å². The van der Waals surface area contributed by atoms with Crippen molar-refractivity contribution in [2.24, 2.45) is 0 Å². The molecule has 0 aliphatic heterocycles. The molecule has 1 atom stereocenters. The Labute approximate surface area is 88.4 Å². The largest absolute Gasteiger partial charge is 0.310 e. The molecule has 1 unspecified atom stereocenters. The van der Waals surface area contributed by atoms with Crippen LogP contribution in [0.2, 0.25) is 4.34 Å². The van der Waals surface area contributed by atoms with E-state index in [1.807, 2.05) is 12.1 Å². The Hall–Kier alpha value is -0.310. The van der Waals surface area contributed by atoms with Crippen molar-refractivity contribution in [2.75, 3.05) is 6.54 Å². The summed E-state index contributed by atoms with van der Waals surface area (Å²) in [6.45, 7) is 6.79. The second kappa shape index (κ2) is 5.43. The highest BCUT2D eigenvalue weighted by atomic mass is 35.5. The van der Waals surface area contributed by atoms with Crippen molar-refractivity contribution < 1.29 is 0 Å². The van der Waals surface area contributed by atoms with Crippen molar-refractivity contribution >= 4 is 22.9 Å². The molecule has 72 valence electrons. The van der Waals surface area contributed by atoms with Crippen LogP contribution in [0.25, 0.3) is 0 Å². The van der Waals surface area contributed by atoms with E-state index in [-0.39, 0.29) is 0 Å². The summed E-state index contributed by atoms with van der Waals surface area (Å²) in [5.41, 5.74) is 1.26. The number of rotatable bonds is 5. The van der Waals surface area contributed by atoms with Crippen LogP contribution in [0.15, 0.2) is 24.1 Å². The van der Waals surface area contributed by atoms with Gasteiger partial charge in [0, 0.05) is 6.04 Å². The van der Waals surface area contributed by atoms with Crippen molar-refractivity contribution in [1.82, 2.24) is 5.32 Å². The minimum absolute atomic E-state index is 0.378. The zero-order chi connectivity index (χ0) is 9.68. The lowest BCUT2D eigenvalue weighted by molar-refractivity contribution is 0.583. The van der Waals surface area contributed by atoms with Crippen LogP contribution in [-0.2, 0) is 0 Å². The molecule has 1 N–H and O–H groups in total. The minimum atomic E-state index is 0.378. The average molecular weight is 216 g/mol. The molecule has 0 fully saturated rings. The molecule has 0 aromatic carbocycles. The van der Waals surface area contributed by atoms with E-state index < -0.39 is 0 Å². The molecule has 1 aromatic rings. The Balaban J connectivity index is 2.39. The van der Waals surface area contributed by atoms with Gasteiger partial charge in [0.2, 0.25) is 0 Å². The molecule has 1 nitrogen and oxygen atoms in total. The third-order valence-electron chi connectivity index (χ3n) is 1.89. The van der Waals surface area contributed by atoms with Crippen LogP contribution in [0.3, 0.4) is 0 Å². The summed E-state index contributed by atoms with van der Waals surface area (Å²) in [6.07, 6.45) is 2.92. The summed E-state index contributed by atoms with van der Waals surface area (Å²) >= 11 is 7.42. The van der Waals surface area contributed by atoms with E-state index in [1.165, 1.54) is 5.56 Å². The Bertz CT molecular complexity index is 270. The molecule has 1 aromatic heterocycles. The molecule has 3 heteroatoms. The highest BCUT2D eigenvalue weighted by Gasteiger charge is 2.05. The second-order valence-corrected chi connectivity index (χ2v) is 4.48. The first-order chi connectivity index (χ1) is 6.24. The lowest BCUT2D eigenvalue weighted by Crippen LogP contribution is -2.18. The van der Waals surface area contributed by atoms with Gasteiger partial charge in [0.05, 0.1) is 4.34 Å². The van der Waals surface area contributed by atoms with Crippen LogP contribution in [0, 0.1) is 0 Å². The molecule has 0 amide bonds. The van der Waals surface area contributed by atoms with Crippen LogP contribution >= 0.6 is 22.9 Å². The third kappa shape index (κ3) is 3.51. The molecule has 1 heterocycles. The van der Waals surface area contributed by atoms with Crippen LogP contribution < -0.4 is 5.32 Å². The summed E-state index contributed by atoms with van der Waals surface area (Å²) in [6, 6.07) is 2.39. The monoisotopic (exact) mass is 215 g/mol. The molecule has 1 rings (SSSR count). The van der Waals surface area contributed by atoms with Gasteiger partial charge in [-0.2, -0.15) is 0 Å². The van der Waals surface area contributed by atoms with Crippen LogP contribution in [0.5, 0.6) is 0 Å². The molecule has 0 spiro atoms. The molecule has 0 saturated carbocycles. The smallest absolute Gasteiger partial charge is 0.0931 e. The van der Waals surface area contributed by atoms with Crippen LogP contribution in [0.1, 0.15) is 24.9 Å². The summed E-state index contributed by atoms with van der Waals surface area (Å²) in [4.78, 5) is 0. The number of hydrogen-bond donors (Lipinski definition) is 1. The quantitative estimate of drug-likeness (QED) is 0.584. The van der Waals surface area contributed by atoms with Gasteiger partial charge in [-0.3, -0.25) is 0 Å². The number of nitrogens with one attached hydrogen (secondary N) is 1. The zero-order valence-corrected chi connectivity index (χ0v) is 9.29. The minimum Gasteiger partial charge on any atom is -0.310 e. The number of hydrogen-bond acceptors (Lipinski definition) is 2. The maximum Gasteiger partial charge on any atom is 0.0931 e. The van der Waals surface area contributed by atoms with Gasteiger partial charge in [0.1, 0.15) is 0 Å². The highest BCUT2D eigenvalue weighted by molar-refractivity contribution is 7.14. The highest BCUT2D eigenvalue weighted by Crippen LogP contribution is 2.24.